The molecule has 2 aromatic rings. The van der Waals surface area contributed by atoms with Gasteiger partial charge >= 0.3 is 6.03 Å². The fourth-order valence-corrected chi connectivity index (χ4v) is 3.66. The molecule has 0 radical (unpaired) electrons. The van der Waals surface area contributed by atoms with Crippen molar-refractivity contribution in [2.45, 2.75) is 45.2 Å². The van der Waals surface area contributed by atoms with E-state index in [1.165, 1.54) is 5.56 Å². The first-order chi connectivity index (χ1) is 11.5. The standard InChI is InChI=1S/C19H26N4O/c1-13(18-12-20-22(4)14(18)2)21-19(24)23-11-10-17(15(23)3)16-8-6-5-7-9-16/h5-9,12-13,15,17H,10-11H2,1-4H3,(H,21,24). The van der Waals surface area contributed by atoms with Crippen LogP contribution in [0.25, 0.3) is 0 Å². The number of hydrogen-bond acceptors (Lipinski definition) is 2. The lowest BCUT2D eigenvalue weighted by molar-refractivity contribution is 0.191. The van der Waals surface area contributed by atoms with E-state index in [4.69, 9.17) is 0 Å². The molecule has 2 heterocycles. The summed E-state index contributed by atoms with van der Waals surface area (Å²) in [4.78, 5) is 14.7. The number of likely N-dealkylation sites (tertiary alicyclic amines) is 1. The topological polar surface area (TPSA) is 50.2 Å². The molecular weight excluding hydrogens is 300 g/mol. The highest BCUT2D eigenvalue weighted by Crippen LogP contribution is 2.33. The Kier molecular flexibility index (Phi) is 4.60. The minimum absolute atomic E-state index is 0.0108. The average Bonchev–Trinajstić information content (AvgIpc) is 3.12. The normalized spacial score (nSPS) is 21.8. The van der Waals surface area contributed by atoms with Crippen molar-refractivity contribution < 1.29 is 4.79 Å². The SMILES string of the molecule is Cc1c(C(C)NC(=O)N2CCC(c3ccccc3)C2C)cnn1C. The van der Waals surface area contributed by atoms with Crippen molar-refractivity contribution in [3.63, 3.8) is 0 Å². The van der Waals surface area contributed by atoms with Crippen LogP contribution in [0, 0.1) is 6.92 Å². The molecule has 0 aliphatic carbocycles. The molecule has 1 fully saturated rings. The van der Waals surface area contributed by atoms with Gasteiger partial charge in [0.1, 0.15) is 0 Å². The Hall–Kier alpha value is -2.30. The maximum Gasteiger partial charge on any atom is 0.318 e. The summed E-state index contributed by atoms with van der Waals surface area (Å²) < 4.78 is 1.84. The van der Waals surface area contributed by atoms with E-state index in [2.05, 4.69) is 41.6 Å². The number of hydrogen-bond donors (Lipinski definition) is 1. The molecule has 3 atom stereocenters. The lowest BCUT2D eigenvalue weighted by Crippen LogP contribution is -2.43. The maximum absolute atomic E-state index is 12.7. The van der Waals surface area contributed by atoms with E-state index in [9.17, 15) is 4.79 Å². The minimum atomic E-state index is -0.0471. The van der Waals surface area contributed by atoms with Crippen LogP contribution in [-0.4, -0.2) is 33.3 Å². The molecule has 0 spiro atoms. The maximum atomic E-state index is 12.7. The number of carbonyl (C=O) groups is 1. The Balaban J connectivity index is 1.67. The second kappa shape index (κ2) is 6.67. The van der Waals surface area contributed by atoms with Gasteiger partial charge in [0.05, 0.1) is 12.2 Å². The van der Waals surface area contributed by atoms with Crippen LogP contribution >= 0.6 is 0 Å². The molecule has 0 bridgehead atoms. The zero-order valence-corrected chi connectivity index (χ0v) is 14.9. The molecule has 1 N–H and O–H groups in total. The molecule has 1 aliphatic rings. The first-order valence-corrected chi connectivity index (χ1v) is 8.59. The van der Waals surface area contributed by atoms with Crippen molar-refractivity contribution in [2.24, 2.45) is 7.05 Å². The number of aryl methyl sites for hydroxylation is 1. The minimum Gasteiger partial charge on any atom is -0.331 e. The molecule has 5 nitrogen and oxygen atoms in total. The third kappa shape index (κ3) is 3.03. The van der Waals surface area contributed by atoms with Gasteiger partial charge in [-0.15, -0.1) is 0 Å². The number of carbonyl (C=O) groups excluding carboxylic acids is 1. The molecule has 3 unspecified atom stereocenters. The number of rotatable bonds is 3. The van der Waals surface area contributed by atoms with Crippen LogP contribution in [-0.2, 0) is 7.05 Å². The summed E-state index contributed by atoms with van der Waals surface area (Å²) >= 11 is 0. The van der Waals surface area contributed by atoms with Gasteiger partial charge in [0, 0.05) is 36.8 Å². The fraction of sp³-hybridized carbons (Fsp3) is 0.474. The lowest BCUT2D eigenvalue weighted by atomic mass is 9.93. The number of nitrogens with zero attached hydrogens (tertiary/aromatic N) is 3. The molecule has 128 valence electrons. The van der Waals surface area contributed by atoms with Crippen LogP contribution in [0.15, 0.2) is 36.5 Å². The van der Waals surface area contributed by atoms with Crippen molar-refractivity contribution >= 4 is 6.03 Å². The second-order valence-corrected chi connectivity index (χ2v) is 6.72. The summed E-state index contributed by atoms with van der Waals surface area (Å²) in [5.74, 6) is 0.410. The van der Waals surface area contributed by atoms with Crippen LogP contribution in [0.5, 0.6) is 0 Å². The largest absolute Gasteiger partial charge is 0.331 e. The molecule has 3 rings (SSSR count). The van der Waals surface area contributed by atoms with Crippen molar-refractivity contribution in [1.29, 1.82) is 0 Å². The van der Waals surface area contributed by atoms with Gasteiger partial charge in [0.2, 0.25) is 0 Å². The first kappa shape index (κ1) is 16.6. The second-order valence-electron chi connectivity index (χ2n) is 6.72. The fourth-order valence-electron chi connectivity index (χ4n) is 3.66. The smallest absolute Gasteiger partial charge is 0.318 e. The molecule has 24 heavy (non-hydrogen) atoms. The van der Waals surface area contributed by atoms with Gasteiger partial charge < -0.3 is 10.2 Å². The lowest BCUT2D eigenvalue weighted by Gasteiger charge is -2.27. The van der Waals surface area contributed by atoms with E-state index >= 15 is 0 Å². The van der Waals surface area contributed by atoms with E-state index < -0.39 is 0 Å². The Morgan fingerprint density at radius 2 is 2.04 bits per heavy atom. The molecule has 1 saturated heterocycles. The monoisotopic (exact) mass is 326 g/mol. The number of amides is 2. The summed E-state index contributed by atoms with van der Waals surface area (Å²) in [6, 6.07) is 10.6. The third-order valence-electron chi connectivity index (χ3n) is 5.32. The van der Waals surface area contributed by atoms with Crippen molar-refractivity contribution in [2.75, 3.05) is 6.54 Å². The Morgan fingerprint density at radius 1 is 1.33 bits per heavy atom. The molecule has 2 amide bonds. The molecule has 5 heteroatoms. The van der Waals surface area contributed by atoms with Crippen LogP contribution in [0.1, 0.15) is 49.0 Å². The van der Waals surface area contributed by atoms with E-state index in [1.54, 1.807) is 0 Å². The van der Waals surface area contributed by atoms with E-state index in [-0.39, 0.29) is 18.1 Å². The summed E-state index contributed by atoms with van der Waals surface area (Å²) in [6.07, 6.45) is 2.85. The number of benzene rings is 1. The average molecular weight is 326 g/mol. The molecule has 1 aliphatic heterocycles. The number of aromatic nitrogens is 2. The zero-order valence-electron chi connectivity index (χ0n) is 14.9. The van der Waals surface area contributed by atoms with Gasteiger partial charge in [-0.2, -0.15) is 5.10 Å². The molecule has 0 saturated carbocycles. The van der Waals surface area contributed by atoms with Gasteiger partial charge in [-0.25, -0.2) is 4.79 Å². The molecule has 1 aromatic heterocycles. The van der Waals surface area contributed by atoms with E-state index in [1.807, 2.05) is 42.7 Å². The van der Waals surface area contributed by atoms with Crippen LogP contribution in [0.3, 0.4) is 0 Å². The van der Waals surface area contributed by atoms with Crippen LogP contribution < -0.4 is 5.32 Å². The van der Waals surface area contributed by atoms with E-state index in [0.29, 0.717) is 5.92 Å². The highest BCUT2D eigenvalue weighted by atomic mass is 16.2. The third-order valence-corrected chi connectivity index (χ3v) is 5.32. The highest BCUT2D eigenvalue weighted by Gasteiger charge is 2.35. The Labute approximate surface area is 143 Å². The van der Waals surface area contributed by atoms with Gasteiger partial charge in [-0.3, -0.25) is 4.68 Å². The highest BCUT2D eigenvalue weighted by molar-refractivity contribution is 5.75. The van der Waals surface area contributed by atoms with Gasteiger partial charge in [-0.1, -0.05) is 30.3 Å². The van der Waals surface area contributed by atoms with Gasteiger partial charge in [0.25, 0.3) is 0 Å². The summed E-state index contributed by atoms with van der Waals surface area (Å²) in [5, 5.41) is 7.39. The predicted octanol–water partition coefficient (Wildman–Crippen LogP) is 3.38. The summed E-state index contributed by atoms with van der Waals surface area (Å²) in [5.41, 5.74) is 3.47. The quantitative estimate of drug-likeness (QED) is 0.940. The molecule has 1 aromatic carbocycles. The predicted molar refractivity (Wildman–Crippen MR) is 94.9 cm³/mol. The Morgan fingerprint density at radius 3 is 2.67 bits per heavy atom. The summed E-state index contributed by atoms with van der Waals surface area (Å²) in [7, 11) is 1.92. The van der Waals surface area contributed by atoms with Crippen LogP contribution in [0.2, 0.25) is 0 Å². The van der Waals surface area contributed by atoms with E-state index in [0.717, 1.165) is 24.2 Å². The van der Waals surface area contributed by atoms with Crippen molar-refractivity contribution in [3.05, 3.63) is 53.3 Å². The molecular formula is C19H26N4O. The van der Waals surface area contributed by atoms with Gasteiger partial charge in [-0.05, 0) is 32.8 Å². The van der Waals surface area contributed by atoms with Crippen molar-refractivity contribution in [3.8, 4) is 0 Å². The Bertz CT molecular complexity index is 709. The number of urea groups is 1. The van der Waals surface area contributed by atoms with Crippen molar-refractivity contribution in [1.82, 2.24) is 20.0 Å². The first-order valence-electron chi connectivity index (χ1n) is 8.59. The zero-order chi connectivity index (χ0) is 17.3. The van der Waals surface area contributed by atoms with Crippen LogP contribution in [0.4, 0.5) is 4.79 Å². The van der Waals surface area contributed by atoms with Gasteiger partial charge in [0.15, 0.2) is 0 Å². The number of nitrogens with one attached hydrogen (secondary N) is 1. The summed E-state index contributed by atoms with van der Waals surface area (Å²) in [6.45, 7) is 6.97.